The van der Waals surface area contributed by atoms with Crippen LogP contribution in [0.3, 0.4) is 0 Å². The minimum Gasteiger partial charge on any atom is -0.389 e. The predicted molar refractivity (Wildman–Crippen MR) is 75.4 cm³/mol. The van der Waals surface area contributed by atoms with Crippen LogP contribution in [-0.2, 0) is 0 Å². The van der Waals surface area contributed by atoms with Gasteiger partial charge in [-0.05, 0) is 37.3 Å². The lowest BCUT2D eigenvalue weighted by molar-refractivity contribution is 0.699. The summed E-state index contributed by atoms with van der Waals surface area (Å²) in [5.41, 5.74) is 6.66. The fourth-order valence-electron chi connectivity index (χ4n) is 2.01. The zero-order valence-electron chi connectivity index (χ0n) is 10.2. The van der Waals surface area contributed by atoms with Gasteiger partial charge in [-0.25, -0.2) is 4.98 Å². The van der Waals surface area contributed by atoms with E-state index in [1.54, 1.807) is 0 Å². The number of anilines is 1. The van der Waals surface area contributed by atoms with Crippen LogP contribution in [-0.4, -0.2) is 23.1 Å². The molecule has 0 saturated heterocycles. The zero-order chi connectivity index (χ0) is 12.3. The number of nitrogens with zero attached hydrogens (tertiary/aromatic N) is 2. The molecule has 1 aromatic heterocycles. The first-order valence-electron chi connectivity index (χ1n) is 6.22. The van der Waals surface area contributed by atoms with E-state index < -0.39 is 0 Å². The first-order valence-corrected chi connectivity index (χ1v) is 6.63. The average molecular weight is 249 g/mol. The predicted octanol–water partition coefficient (Wildman–Crippen LogP) is 2.34. The van der Waals surface area contributed by atoms with E-state index in [1.807, 2.05) is 18.3 Å². The van der Waals surface area contributed by atoms with Crippen molar-refractivity contribution in [1.82, 2.24) is 4.98 Å². The summed E-state index contributed by atoms with van der Waals surface area (Å²) in [7, 11) is 0. The Bertz CT molecular complexity index is 401. The molecule has 0 radical (unpaired) electrons. The number of hydrogen-bond donors (Lipinski definition) is 1. The van der Waals surface area contributed by atoms with Crippen molar-refractivity contribution in [3.05, 3.63) is 23.9 Å². The van der Waals surface area contributed by atoms with Gasteiger partial charge in [0, 0.05) is 19.3 Å². The van der Waals surface area contributed by atoms with Gasteiger partial charge >= 0.3 is 0 Å². The van der Waals surface area contributed by atoms with Gasteiger partial charge in [0.05, 0.1) is 5.56 Å². The van der Waals surface area contributed by atoms with Gasteiger partial charge in [-0.1, -0.05) is 19.1 Å². The Kier molecular flexibility index (Phi) is 3.94. The summed E-state index contributed by atoms with van der Waals surface area (Å²) in [6.07, 6.45) is 5.61. The maximum Gasteiger partial charge on any atom is 0.138 e. The van der Waals surface area contributed by atoms with E-state index in [-0.39, 0.29) is 0 Å². The van der Waals surface area contributed by atoms with Gasteiger partial charge in [-0.3, -0.25) is 0 Å². The number of rotatable bonds is 6. The topological polar surface area (TPSA) is 42.2 Å². The number of thiocarbonyl (C=S) groups is 1. The van der Waals surface area contributed by atoms with E-state index >= 15 is 0 Å². The molecule has 1 fully saturated rings. The summed E-state index contributed by atoms with van der Waals surface area (Å²) >= 11 is 5.09. The van der Waals surface area contributed by atoms with Crippen LogP contribution in [0.4, 0.5) is 5.82 Å². The highest BCUT2D eigenvalue weighted by molar-refractivity contribution is 7.80. The maximum absolute atomic E-state index is 5.76. The van der Waals surface area contributed by atoms with Crippen molar-refractivity contribution in [1.29, 1.82) is 0 Å². The molecule has 17 heavy (non-hydrogen) atoms. The Morgan fingerprint density at radius 3 is 2.94 bits per heavy atom. The molecule has 2 N–H and O–H groups in total. The second kappa shape index (κ2) is 5.45. The van der Waals surface area contributed by atoms with Gasteiger partial charge in [-0.2, -0.15) is 0 Å². The molecule has 92 valence electrons. The normalized spacial score (nSPS) is 14.6. The average Bonchev–Trinajstić information content (AvgIpc) is 3.12. The van der Waals surface area contributed by atoms with Crippen LogP contribution < -0.4 is 10.6 Å². The number of hydrogen-bond acceptors (Lipinski definition) is 3. The van der Waals surface area contributed by atoms with E-state index in [0.717, 1.165) is 36.8 Å². The summed E-state index contributed by atoms with van der Waals surface area (Å²) < 4.78 is 0. The smallest absolute Gasteiger partial charge is 0.138 e. The van der Waals surface area contributed by atoms with Crippen LogP contribution in [0.2, 0.25) is 0 Å². The van der Waals surface area contributed by atoms with Crippen molar-refractivity contribution in [3.8, 4) is 0 Å². The van der Waals surface area contributed by atoms with E-state index in [1.165, 1.54) is 12.8 Å². The molecule has 1 saturated carbocycles. The molecule has 0 aliphatic heterocycles. The zero-order valence-corrected chi connectivity index (χ0v) is 11.0. The maximum atomic E-state index is 5.76. The first kappa shape index (κ1) is 12.3. The van der Waals surface area contributed by atoms with Crippen LogP contribution in [0.25, 0.3) is 0 Å². The van der Waals surface area contributed by atoms with Crippen LogP contribution in [0, 0.1) is 5.92 Å². The molecule has 0 atom stereocenters. The summed E-state index contributed by atoms with van der Waals surface area (Å²) in [4.78, 5) is 7.22. The SMILES string of the molecule is CCCN(CC1CC1)c1ncccc1C(N)=S. The molecule has 0 aromatic carbocycles. The van der Waals surface area contributed by atoms with Gasteiger partial charge in [-0.15, -0.1) is 0 Å². The van der Waals surface area contributed by atoms with Gasteiger partial charge in [0.15, 0.2) is 0 Å². The molecule has 2 rings (SSSR count). The third-order valence-electron chi connectivity index (χ3n) is 3.02. The monoisotopic (exact) mass is 249 g/mol. The molecule has 0 bridgehead atoms. The lowest BCUT2D eigenvalue weighted by Gasteiger charge is -2.25. The molecule has 1 aliphatic carbocycles. The van der Waals surface area contributed by atoms with Crippen molar-refractivity contribution in [3.63, 3.8) is 0 Å². The van der Waals surface area contributed by atoms with E-state index in [4.69, 9.17) is 18.0 Å². The summed E-state index contributed by atoms with van der Waals surface area (Å²) in [5, 5.41) is 0. The Balaban J connectivity index is 2.23. The minimum atomic E-state index is 0.435. The van der Waals surface area contributed by atoms with E-state index in [0.29, 0.717) is 4.99 Å². The Labute approximate surface area is 108 Å². The van der Waals surface area contributed by atoms with Gasteiger partial charge in [0.1, 0.15) is 10.8 Å². The lowest BCUT2D eigenvalue weighted by atomic mass is 10.2. The van der Waals surface area contributed by atoms with Crippen LogP contribution in [0.5, 0.6) is 0 Å². The van der Waals surface area contributed by atoms with E-state index in [9.17, 15) is 0 Å². The molecule has 4 heteroatoms. The molecule has 0 amide bonds. The molecule has 0 unspecified atom stereocenters. The lowest BCUT2D eigenvalue weighted by Crippen LogP contribution is -2.30. The first-order chi connectivity index (χ1) is 8.22. The number of aromatic nitrogens is 1. The largest absolute Gasteiger partial charge is 0.389 e. The van der Waals surface area contributed by atoms with Crippen LogP contribution in [0.15, 0.2) is 18.3 Å². The Hall–Kier alpha value is -1.16. The van der Waals surface area contributed by atoms with Crippen LogP contribution >= 0.6 is 12.2 Å². The van der Waals surface area contributed by atoms with Crippen molar-refractivity contribution >= 4 is 23.0 Å². The Morgan fingerprint density at radius 2 is 2.35 bits per heavy atom. The number of pyridine rings is 1. The summed E-state index contributed by atoms with van der Waals surface area (Å²) in [5.74, 6) is 1.79. The van der Waals surface area contributed by atoms with Gasteiger partial charge in [0.2, 0.25) is 0 Å². The fraction of sp³-hybridized carbons (Fsp3) is 0.538. The second-order valence-electron chi connectivity index (χ2n) is 4.63. The fourth-order valence-corrected chi connectivity index (χ4v) is 2.17. The minimum absolute atomic E-state index is 0.435. The molecule has 0 spiro atoms. The Morgan fingerprint density at radius 1 is 1.59 bits per heavy atom. The third kappa shape index (κ3) is 3.16. The summed E-state index contributed by atoms with van der Waals surface area (Å²) in [6.45, 7) is 4.28. The highest BCUT2D eigenvalue weighted by atomic mass is 32.1. The number of nitrogens with two attached hydrogens (primary N) is 1. The summed E-state index contributed by atoms with van der Waals surface area (Å²) in [6, 6.07) is 3.85. The molecule has 1 aliphatic rings. The van der Waals surface area contributed by atoms with Crippen LogP contribution in [0.1, 0.15) is 31.7 Å². The molecular formula is C13H19N3S. The molecular weight excluding hydrogens is 230 g/mol. The van der Waals surface area contributed by atoms with Crippen molar-refractivity contribution in [2.75, 3.05) is 18.0 Å². The second-order valence-corrected chi connectivity index (χ2v) is 5.07. The molecule has 1 heterocycles. The van der Waals surface area contributed by atoms with Crippen molar-refractivity contribution < 1.29 is 0 Å². The standard InChI is InChI=1S/C13H19N3S/c1-2-8-16(9-10-5-6-10)13-11(12(14)17)4-3-7-15-13/h3-4,7,10H,2,5-6,8-9H2,1H3,(H2,14,17). The highest BCUT2D eigenvalue weighted by Crippen LogP contribution is 2.31. The quantitative estimate of drug-likeness (QED) is 0.786. The molecule has 3 nitrogen and oxygen atoms in total. The van der Waals surface area contributed by atoms with Crippen molar-refractivity contribution in [2.45, 2.75) is 26.2 Å². The van der Waals surface area contributed by atoms with Gasteiger partial charge < -0.3 is 10.6 Å². The van der Waals surface area contributed by atoms with E-state index in [2.05, 4.69) is 16.8 Å². The third-order valence-corrected chi connectivity index (χ3v) is 3.24. The molecule has 1 aromatic rings. The van der Waals surface area contributed by atoms with Gasteiger partial charge in [0.25, 0.3) is 0 Å². The highest BCUT2D eigenvalue weighted by Gasteiger charge is 2.25. The van der Waals surface area contributed by atoms with Crippen molar-refractivity contribution in [2.24, 2.45) is 11.7 Å².